The molecule has 1 aliphatic heterocycles. The number of nitrogens with one attached hydrogen (secondary N) is 1. The average molecular weight is 254 g/mol. The van der Waals surface area contributed by atoms with Crippen molar-refractivity contribution in [1.82, 2.24) is 15.2 Å². The second-order valence-corrected chi connectivity index (χ2v) is 4.78. The highest BCUT2D eigenvalue weighted by molar-refractivity contribution is 6.29. The van der Waals surface area contributed by atoms with Crippen LogP contribution in [0.2, 0.25) is 5.15 Å². The summed E-state index contributed by atoms with van der Waals surface area (Å²) in [5.74, 6) is -0.289. The molecule has 0 aliphatic carbocycles. The Labute approximate surface area is 104 Å². The number of carbonyl (C=O) groups is 2. The fourth-order valence-corrected chi connectivity index (χ4v) is 1.88. The fraction of sp³-hybridized carbons (Fsp3) is 0.364. The lowest BCUT2D eigenvalue weighted by molar-refractivity contribution is -0.125. The summed E-state index contributed by atoms with van der Waals surface area (Å²) >= 11 is 5.77. The average Bonchev–Trinajstić information content (AvgIpc) is 2.42. The van der Waals surface area contributed by atoms with Gasteiger partial charge in [0.1, 0.15) is 10.7 Å². The molecule has 17 heavy (non-hydrogen) atoms. The van der Waals surface area contributed by atoms with Crippen molar-refractivity contribution in [2.24, 2.45) is 0 Å². The quantitative estimate of drug-likeness (QED) is 0.643. The van der Waals surface area contributed by atoms with E-state index in [1.807, 2.05) is 0 Å². The number of aromatic nitrogens is 1. The highest BCUT2D eigenvalue weighted by Gasteiger charge is 2.45. The zero-order valence-corrected chi connectivity index (χ0v) is 10.3. The molecule has 0 radical (unpaired) electrons. The Morgan fingerprint density at radius 1 is 1.47 bits per heavy atom. The highest BCUT2D eigenvalue weighted by atomic mass is 35.5. The SMILES string of the molecule is CC1(C)C(=O)NC(=O)N1Cc1ccnc(Cl)c1. The molecule has 0 saturated carbocycles. The highest BCUT2D eigenvalue weighted by Crippen LogP contribution is 2.23. The van der Waals surface area contributed by atoms with E-state index in [1.54, 1.807) is 32.2 Å². The van der Waals surface area contributed by atoms with Gasteiger partial charge < -0.3 is 4.90 Å². The van der Waals surface area contributed by atoms with E-state index in [0.717, 1.165) is 5.56 Å². The van der Waals surface area contributed by atoms with E-state index in [4.69, 9.17) is 11.6 Å². The van der Waals surface area contributed by atoms with Crippen LogP contribution in [0.4, 0.5) is 4.79 Å². The van der Waals surface area contributed by atoms with Crippen molar-refractivity contribution >= 4 is 23.5 Å². The first-order valence-electron chi connectivity index (χ1n) is 5.15. The van der Waals surface area contributed by atoms with Crippen LogP contribution in [0.25, 0.3) is 0 Å². The third-order valence-corrected chi connectivity index (χ3v) is 3.03. The van der Waals surface area contributed by atoms with Crippen LogP contribution in [0.5, 0.6) is 0 Å². The summed E-state index contributed by atoms with van der Waals surface area (Å²) < 4.78 is 0. The topological polar surface area (TPSA) is 62.3 Å². The molecule has 0 spiro atoms. The Morgan fingerprint density at radius 2 is 2.18 bits per heavy atom. The van der Waals surface area contributed by atoms with Crippen LogP contribution in [0, 0.1) is 0 Å². The zero-order valence-electron chi connectivity index (χ0n) is 9.53. The number of rotatable bonds is 2. The Balaban J connectivity index is 2.24. The minimum atomic E-state index is -0.840. The van der Waals surface area contributed by atoms with Crippen molar-refractivity contribution in [2.75, 3.05) is 0 Å². The lowest BCUT2D eigenvalue weighted by Gasteiger charge is -2.27. The second-order valence-electron chi connectivity index (χ2n) is 4.39. The minimum Gasteiger partial charge on any atom is -0.306 e. The monoisotopic (exact) mass is 253 g/mol. The number of carbonyl (C=O) groups excluding carboxylic acids is 2. The maximum atomic E-state index is 11.6. The van der Waals surface area contributed by atoms with E-state index in [0.29, 0.717) is 11.7 Å². The first kappa shape index (κ1) is 11.9. The van der Waals surface area contributed by atoms with Crippen LogP contribution in [0.15, 0.2) is 18.3 Å². The Morgan fingerprint density at radius 3 is 2.71 bits per heavy atom. The van der Waals surface area contributed by atoms with Gasteiger partial charge in [0.25, 0.3) is 5.91 Å². The molecule has 3 amide bonds. The molecule has 5 nitrogen and oxygen atoms in total. The first-order chi connectivity index (χ1) is 7.91. The number of imide groups is 1. The summed E-state index contributed by atoms with van der Waals surface area (Å²) in [5, 5.41) is 2.66. The summed E-state index contributed by atoms with van der Waals surface area (Å²) in [6.07, 6.45) is 1.57. The number of amides is 3. The van der Waals surface area contributed by atoms with Gasteiger partial charge in [-0.1, -0.05) is 11.6 Å². The summed E-state index contributed by atoms with van der Waals surface area (Å²) in [7, 11) is 0. The van der Waals surface area contributed by atoms with Gasteiger partial charge in [0.05, 0.1) is 0 Å². The van der Waals surface area contributed by atoms with Crippen LogP contribution < -0.4 is 5.32 Å². The summed E-state index contributed by atoms with van der Waals surface area (Å²) in [4.78, 5) is 28.5. The number of halogens is 1. The van der Waals surface area contributed by atoms with Gasteiger partial charge in [0, 0.05) is 12.7 Å². The maximum absolute atomic E-state index is 11.6. The van der Waals surface area contributed by atoms with Gasteiger partial charge in [-0.15, -0.1) is 0 Å². The standard InChI is InChI=1S/C11H12ClN3O2/c1-11(2)9(16)14-10(17)15(11)6-7-3-4-13-8(12)5-7/h3-5H,6H2,1-2H3,(H,14,16,17). The molecule has 2 heterocycles. The molecule has 1 N–H and O–H groups in total. The number of pyridine rings is 1. The predicted octanol–water partition coefficient (Wildman–Crippen LogP) is 1.57. The number of nitrogens with zero attached hydrogens (tertiary/aromatic N) is 2. The largest absolute Gasteiger partial charge is 0.325 e. The Bertz CT molecular complexity index is 487. The van der Waals surface area contributed by atoms with Crippen molar-refractivity contribution in [3.8, 4) is 0 Å². The van der Waals surface area contributed by atoms with Gasteiger partial charge >= 0.3 is 6.03 Å². The molecule has 6 heteroatoms. The Kier molecular flexibility index (Phi) is 2.79. The van der Waals surface area contributed by atoms with Crippen molar-refractivity contribution in [2.45, 2.75) is 25.9 Å². The molecule has 2 rings (SSSR count). The van der Waals surface area contributed by atoms with Crippen LogP contribution in [-0.2, 0) is 11.3 Å². The van der Waals surface area contributed by atoms with Gasteiger partial charge in [-0.2, -0.15) is 0 Å². The van der Waals surface area contributed by atoms with Crippen molar-refractivity contribution < 1.29 is 9.59 Å². The van der Waals surface area contributed by atoms with E-state index in [1.165, 1.54) is 4.90 Å². The molecule has 1 aromatic heterocycles. The van der Waals surface area contributed by atoms with Crippen LogP contribution in [0.1, 0.15) is 19.4 Å². The molecule has 0 atom stereocenters. The van der Waals surface area contributed by atoms with Gasteiger partial charge in [-0.05, 0) is 31.5 Å². The van der Waals surface area contributed by atoms with Crippen LogP contribution in [-0.4, -0.2) is 27.4 Å². The van der Waals surface area contributed by atoms with Crippen molar-refractivity contribution in [1.29, 1.82) is 0 Å². The lowest BCUT2D eigenvalue weighted by atomic mass is 10.0. The zero-order chi connectivity index (χ0) is 12.6. The lowest BCUT2D eigenvalue weighted by Crippen LogP contribution is -2.43. The van der Waals surface area contributed by atoms with Gasteiger partial charge in [0.2, 0.25) is 0 Å². The summed E-state index contributed by atoms with van der Waals surface area (Å²) in [6, 6.07) is 3.05. The van der Waals surface area contributed by atoms with E-state index in [-0.39, 0.29) is 11.9 Å². The van der Waals surface area contributed by atoms with E-state index >= 15 is 0 Å². The summed E-state index contributed by atoms with van der Waals surface area (Å²) in [5.41, 5.74) is -0.00441. The van der Waals surface area contributed by atoms with E-state index < -0.39 is 5.54 Å². The predicted molar refractivity (Wildman–Crippen MR) is 62.4 cm³/mol. The smallest absolute Gasteiger partial charge is 0.306 e. The maximum Gasteiger partial charge on any atom is 0.325 e. The molecule has 0 unspecified atom stereocenters. The molecule has 0 bridgehead atoms. The molecular weight excluding hydrogens is 242 g/mol. The third-order valence-electron chi connectivity index (χ3n) is 2.83. The Hall–Kier alpha value is -1.62. The normalized spacial score (nSPS) is 18.4. The van der Waals surface area contributed by atoms with Crippen LogP contribution >= 0.6 is 11.6 Å². The molecular formula is C11H12ClN3O2. The molecule has 1 fully saturated rings. The van der Waals surface area contributed by atoms with Crippen molar-refractivity contribution in [3.63, 3.8) is 0 Å². The number of hydrogen-bond donors (Lipinski definition) is 1. The molecule has 90 valence electrons. The first-order valence-corrected chi connectivity index (χ1v) is 5.52. The molecule has 1 saturated heterocycles. The summed E-state index contributed by atoms with van der Waals surface area (Å²) in [6.45, 7) is 3.73. The van der Waals surface area contributed by atoms with Gasteiger partial charge in [-0.3, -0.25) is 10.1 Å². The number of hydrogen-bond acceptors (Lipinski definition) is 3. The van der Waals surface area contributed by atoms with Gasteiger partial charge in [-0.25, -0.2) is 9.78 Å². The third kappa shape index (κ3) is 2.10. The fourth-order valence-electron chi connectivity index (χ4n) is 1.69. The van der Waals surface area contributed by atoms with E-state index in [2.05, 4.69) is 10.3 Å². The van der Waals surface area contributed by atoms with Crippen LogP contribution in [0.3, 0.4) is 0 Å². The van der Waals surface area contributed by atoms with Crippen molar-refractivity contribution in [3.05, 3.63) is 29.0 Å². The van der Waals surface area contributed by atoms with E-state index in [9.17, 15) is 9.59 Å². The van der Waals surface area contributed by atoms with Gasteiger partial charge in [0.15, 0.2) is 0 Å². The molecule has 1 aromatic rings. The minimum absolute atomic E-state index is 0.289. The number of urea groups is 1. The molecule has 1 aliphatic rings. The second kappa shape index (κ2) is 4.00. The molecule has 0 aromatic carbocycles.